The maximum Gasteiger partial charge on any atom is 0.410 e. The molecule has 0 atom stereocenters. The highest BCUT2D eigenvalue weighted by atomic mass is 19.1. The summed E-state index contributed by atoms with van der Waals surface area (Å²) in [4.78, 5) is 13.9. The van der Waals surface area contributed by atoms with E-state index in [1.165, 1.54) is 0 Å². The van der Waals surface area contributed by atoms with Crippen LogP contribution < -0.4 is 10.5 Å². The Hall–Kier alpha value is -2.84. The first-order chi connectivity index (χ1) is 13.8. The van der Waals surface area contributed by atoms with Crippen molar-refractivity contribution in [3.63, 3.8) is 0 Å². The third kappa shape index (κ3) is 4.28. The summed E-state index contributed by atoms with van der Waals surface area (Å²) in [6.07, 6.45) is 4.56. The average Bonchev–Trinajstić information content (AvgIpc) is 3.31. The minimum Gasteiger partial charge on any atom is -0.486 e. The fourth-order valence-electron chi connectivity index (χ4n) is 3.40. The summed E-state index contributed by atoms with van der Waals surface area (Å²) in [5, 5.41) is 4.34. The van der Waals surface area contributed by atoms with Crippen molar-refractivity contribution in [2.75, 3.05) is 18.8 Å². The van der Waals surface area contributed by atoms with Gasteiger partial charge in [0.15, 0.2) is 11.6 Å². The van der Waals surface area contributed by atoms with Gasteiger partial charge in [-0.1, -0.05) is 0 Å². The van der Waals surface area contributed by atoms with Crippen LogP contribution in [0.15, 0.2) is 24.4 Å². The highest BCUT2D eigenvalue weighted by Crippen LogP contribution is 2.39. The number of anilines is 1. The van der Waals surface area contributed by atoms with Gasteiger partial charge in [-0.3, -0.25) is 0 Å². The summed E-state index contributed by atoms with van der Waals surface area (Å²) >= 11 is 0. The molecule has 1 aromatic carbocycles. The zero-order valence-corrected chi connectivity index (χ0v) is 16.2. The van der Waals surface area contributed by atoms with E-state index < -0.39 is 11.6 Å². The summed E-state index contributed by atoms with van der Waals surface area (Å²) in [5.41, 5.74) is 6.51. The van der Waals surface area contributed by atoms with Gasteiger partial charge in [0.05, 0.1) is 17.8 Å². The molecule has 2 N–H and O–H groups in total. The van der Waals surface area contributed by atoms with Crippen LogP contribution >= 0.6 is 0 Å². The van der Waals surface area contributed by atoms with Crippen molar-refractivity contribution in [1.82, 2.24) is 14.7 Å². The van der Waals surface area contributed by atoms with Crippen LogP contribution in [0, 0.1) is 11.6 Å². The van der Waals surface area contributed by atoms with Gasteiger partial charge in [0.1, 0.15) is 23.8 Å². The number of hydrogen-bond donors (Lipinski definition) is 1. The van der Waals surface area contributed by atoms with Crippen molar-refractivity contribution in [3.8, 4) is 5.75 Å². The summed E-state index contributed by atoms with van der Waals surface area (Å²) in [6.45, 7) is 3.07. The molecule has 1 aromatic heterocycles. The van der Waals surface area contributed by atoms with Crippen molar-refractivity contribution in [1.29, 1.82) is 0 Å². The summed E-state index contributed by atoms with van der Waals surface area (Å²) < 4.78 is 39.5. The molecule has 1 saturated heterocycles. The quantitative estimate of drug-likeness (QED) is 0.820. The second kappa shape index (κ2) is 7.53. The Bertz CT molecular complexity index is 905. The average molecular weight is 406 g/mol. The first-order valence-electron chi connectivity index (χ1n) is 9.72. The first kappa shape index (κ1) is 19.5. The molecule has 7 nitrogen and oxygen atoms in total. The zero-order chi connectivity index (χ0) is 20.6. The lowest BCUT2D eigenvalue weighted by molar-refractivity contribution is 0.0491. The minimum atomic E-state index is -0.642. The van der Waals surface area contributed by atoms with E-state index in [9.17, 15) is 13.6 Å². The van der Waals surface area contributed by atoms with Crippen molar-refractivity contribution >= 4 is 11.9 Å². The Morgan fingerprint density at radius 1 is 1.31 bits per heavy atom. The molecule has 29 heavy (non-hydrogen) atoms. The fraction of sp³-hybridized carbons (Fsp3) is 0.500. The largest absolute Gasteiger partial charge is 0.486 e. The number of halogens is 2. The van der Waals surface area contributed by atoms with Crippen LogP contribution in [0.5, 0.6) is 5.75 Å². The Morgan fingerprint density at radius 3 is 2.72 bits per heavy atom. The number of aromatic nitrogens is 2. The van der Waals surface area contributed by atoms with Crippen LogP contribution in [0.2, 0.25) is 0 Å². The molecule has 1 amide bonds. The van der Waals surface area contributed by atoms with Gasteiger partial charge < -0.3 is 20.1 Å². The molecule has 2 heterocycles. The van der Waals surface area contributed by atoms with Crippen molar-refractivity contribution in [2.45, 2.75) is 50.9 Å². The Labute approximate surface area is 167 Å². The first-order valence-corrected chi connectivity index (χ1v) is 9.72. The molecule has 0 unspecified atom stereocenters. The molecule has 4 rings (SSSR count). The summed E-state index contributed by atoms with van der Waals surface area (Å²) in [7, 11) is 0. The Kier molecular flexibility index (Phi) is 5.06. The maximum absolute atomic E-state index is 13.7. The lowest BCUT2D eigenvalue weighted by atomic mass is 10.1. The molecule has 9 heteroatoms. The molecule has 156 valence electrons. The lowest BCUT2D eigenvalue weighted by Crippen LogP contribution is -2.41. The zero-order valence-electron chi connectivity index (χ0n) is 16.2. The van der Waals surface area contributed by atoms with Crippen LogP contribution in [-0.4, -0.2) is 39.5 Å². The van der Waals surface area contributed by atoms with E-state index in [4.69, 9.17) is 15.2 Å². The molecule has 2 aliphatic rings. The third-order valence-electron chi connectivity index (χ3n) is 5.55. The van der Waals surface area contributed by atoms with Crippen LogP contribution in [0.3, 0.4) is 0 Å². The molecule has 2 aromatic rings. The van der Waals surface area contributed by atoms with E-state index in [2.05, 4.69) is 5.10 Å². The molecular formula is C20H24F2N4O3. The number of carbonyl (C=O) groups is 1. The molecule has 0 spiro atoms. The monoisotopic (exact) mass is 406 g/mol. The van der Waals surface area contributed by atoms with Gasteiger partial charge in [0.25, 0.3) is 0 Å². The second-order valence-electron chi connectivity index (χ2n) is 7.90. The lowest BCUT2D eigenvalue weighted by Gasteiger charge is -2.32. The van der Waals surface area contributed by atoms with E-state index in [0.29, 0.717) is 37.3 Å². The molecule has 1 aliphatic heterocycles. The number of nitrogen functional groups attached to an aromatic ring is 1. The van der Waals surface area contributed by atoms with Crippen LogP contribution in [-0.2, 0) is 11.3 Å². The standard InChI is InChI=1S/C20H24F2N4O3/c1-20(6-7-20)29-19(27)25-8-4-15(5-9-25)26-18(23)13(11-24-26)12-28-17-10-14(21)2-3-16(17)22/h2-3,10-11,15H,4-9,12,23H2,1H3. The van der Waals surface area contributed by atoms with Gasteiger partial charge >= 0.3 is 6.09 Å². The van der Waals surface area contributed by atoms with E-state index in [0.717, 1.165) is 31.0 Å². The number of rotatable bonds is 5. The number of likely N-dealkylation sites (tertiary alicyclic amines) is 1. The molecule has 0 bridgehead atoms. The van der Waals surface area contributed by atoms with Crippen molar-refractivity contribution in [3.05, 3.63) is 41.6 Å². The second-order valence-corrected chi connectivity index (χ2v) is 7.90. The molecule has 2 fully saturated rings. The molecule has 1 saturated carbocycles. The van der Waals surface area contributed by atoms with Crippen LogP contribution in [0.1, 0.15) is 44.2 Å². The van der Waals surface area contributed by atoms with Gasteiger partial charge in [-0.2, -0.15) is 5.10 Å². The van der Waals surface area contributed by atoms with Gasteiger partial charge in [-0.25, -0.2) is 18.3 Å². The predicted octanol–water partition coefficient (Wildman–Crippen LogP) is 3.65. The number of amides is 1. The fourth-order valence-corrected chi connectivity index (χ4v) is 3.40. The topological polar surface area (TPSA) is 82.6 Å². The maximum atomic E-state index is 13.7. The highest BCUT2D eigenvalue weighted by molar-refractivity contribution is 5.68. The normalized spacial score (nSPS) is 18.5. The Morgan fingerprint density at radius 2 is 2.03 bits per heavy atom. The SMILES string of the molecule is CC1(OC(=O)N2CCC(n3ncc(COc4cc(F)ccc4F)c3N)CC2)CC1. The molecular weight excluding hydrogens is 382 g/mol. The van der Waals surface area contributed by atoms with Crippen molar-refractivity contribution < 1.29 is 23.0 Å². The van der Waals surface area contributed by atoms with Gasteiger partial charge in [-0.15, -0.1) is 0 Å². The number of ether oxygens (including phenoxy) is 2. The van der Waals surface area contributed by atoms with Gasteiger partial charge in [-0.05, 0) is 44.7 Å². The number of nitrogens with zero attached hydrogens (tertiary/aromatic N) is 3. The number of benzene rings is 1. The van der Waals surface area contributed by atoms with E-state index in [1.54, 1.807) is 15.8 Å². The summed E-state index contributed by atoms with van der Waals surface area (Å²) in [6, 6.07) is 3.09. The van der Waals surface area contributed by atoms with Crippen LogP contribution in [0.4, 0.5) is 19.4 Å². The highest BCUT2D eigenvalue weighted by Gasteiger charge is 2.43. The van der Waals surface area contributed by atoms with E-state index in [1.807, 2.05) is 6.92 Å². The molecule has 1 aliphatic carbocycles. The molecule has 0 radical (unpaired) electrons. The smallest absolute Gasteiger partial charge is 0.410 e. The number of carbonyl (C=O) groups excluding carboxylic acids is 1. The Balaban J connectivity index is 1.34. The van der Waals surface area contributed by atoms with Crippen molar-refractivity contribution in [2.24, 2.45) is 0 Å². The number of nitrogens with two attached hydrogens (primary N) is 1. The number of hydrogen-bond acceptors (Lipinski definition) is 5. The predicted molar refractivity (Wildman–Crippen MR) is 101 cm³/mol. The third-order valence-corrected chi connectivity index (χ3v) is 5.55. The van der Waals surface area contributed by atoms with E-state index >= 15 is 0 Å². The van der Waals surface area contributed by atoms with Gasteiger partial charge in [0, 0.05) is 19.2 Å². The van der Waals surface area contributed by atoms with Crippen LogP contribution in [0.25, 0.3) is 0 Å². The minimum absolute atomic E-state index is 0.0179. The number of piperidine rings is 1. The van der Waals surface area contributed by atoms with Gasteiger partial charge in [0.2, 0.25) is 0 Å². The van der Waals surface area contributed by atoms with E-state index in [-0.39, 0.29) is 30.1 Å². The summed E-state index contributed by atoms with van der Waals surface area (Å²) in [5.74, 6) is -0.968.